The van der Waals surface area contributed by atoms with Gasteiger partial charge in [-0.3, -0.25) is 4.79 Å². The molecule has 0 fully saturated rings. The van der Waals surface area contributed by atoms with Gasteiger partial charge in [0.1, 0.15) is 5.82 Å². The lowest BCUT2D eigenvalue weighted by Gasteiger charge is -2.29. The van der Waals surface area contributed by atoms with Crippen molar-refractivity contribution in [1.82, 2.24) is 4.90 Å². The summed E-state index contributed by atoms with van der Waals surface area (Å²) in [6, 6.07) is 10.7. The summed E-state index contributed by atoms with van der Waals surface area (Å²) in [5.41, 5.74) is 3.77. The van der Waals surface area contributed by atoms with Gasteiger partial charge in [-0.25, -0.2) is 4.39 Å². The summed E-state index contributed by atoms with van der Waals surface area (Å²) in [7, 11) is 0. The Kier molecular flexibility index (Phi) is 3.97. The van der Waals surface area contributed by atoms with Crippen LogP contribution in [0, 0.1) is 16.3 Å². The van der Waals surface area contributed by atoms with Gasteiger partial charge < -0.3 is 4.90 Å². The summed E-state index contributed by atoms with van der Waals surface area (Å²) >= 11 is 2.22. The molecule has 4 heteroatoms. The summed E-state index contributed by atoms with van der Waals surface area (Å²) in [5.74, 6) is -0.214. The highest BCUT2D eigenvalue weighted by molar-refractivity contribution is 14.1. The molecular weight excluding hydrogens is 380 g/mol. The van der Waals surface area contributed by atoms with Gasteiger partial charge >= 0.3 is 0 Å². The highest BCUT2D eigenvalue weighted by Gasteiger charge is 2.24. The molecule has 1 amide bonds. The molecular formula is C17H15FINO. The quantitative estimate of drug-likeness (QED) is 0.706. The van der Waals surface area contributed by atoms with Crippen molar-refractivity contribution in [1.29, 1.82) is 0 Å². The maximum atomic E-state index is 13.4. The number of hydrogen-bond acceptors (Lipinski definition) is 1. The predicted molar refractivity (Wildman–Crippen MR) is 88.7 cm³/mol. The van der Waals surface area contributed by atoms with Gasteiger partial charge in [0.15, 0.2) is 0 Å². The fourth-order valence-electron chi connectivity index (χ4n) is 2.66. The van der Waals surface area contributed by atoms with E-state index in [1.165, 1.54) is 12.1 Å². The summed E-state index contributed by atoms with van der Waals surface area (Å²) in [5, 5.41) is 0. The van der Waals surface area contributed by atoms with Gasteiger partial charge in [0, 0.05) is 22.2 Å². The number of rotatable bonds is 2. The molecule has 0 N–H and O–H groups in total. The number of fused-ring (bicyclic) bond motifs is 1. The van der Waals surface area contributed by atoms with E-state index in [0.717, 1.165) is 32.2 Å². The molecule has 1 heterocycles. The largest absolute Gasteiger partial charge is 0.334 e. The number of benzene rings is 2. The Morgan fingerprint density at radius 3 is 2.86 bits per heavy atom. The number of carbonyl (C=O) groups is 1. The molecule has 0 saturated carbocycles. The smallest absolute Gasteiger partial charge is 0.254 e. The topological polar surface area (TPSA) is 20.3 Å². The first-order chi connectivity index (χ1) is 10.0. The molecule has 0 aromatic heterocycles. The van der Waals surface area contributed by atoms with Crippen LogP contribution < -0.4 is 0 Å². The highest BCUT2D eigenvalue weighted by atomic mass is 127. The fraction of sp³-hybridized carbons (Fsp3) is 0.235. The van der Waals surface area contributed by atoms with Crippen LogP contribution in [0.5, 0.6) is 0 Å². The first-order valence-corrected chi connectivity index (χ1v) is 7.95. The van der Waals surface area contributed by atoms with Gasteiger partial charge in [0.05, 0.1) is 0 Å². The van der Waals surface area contributed by atoms with E-state index >= 15 is 0 Å². The first-order valence-electron chi connectivity index (χ1n) is 6.87. The minimum atomic E-state index is -0.255. The van der Waals surface area contributed by atoms with Gasteiger partial charge in [-0.2, -0.15) is 0 Å². The van der Waals surface area contributed by atoms with Crippen LogP contribution >= 0.6 is 22.6 Å². The Morgan fingerprint density at radius 1 is 1.24 bits per heavy atom. The van der Waals surface area contributed by atoms with Crippen LogP contribution in [0.2, 0.25) is 0 Å². The third-order valence-electron chi connectivity index (χ3n) is 3.91. The maximum Gasteiger partial charge on any atom is 0.254 e. The van der Waals surface area contributed by atoms with Crippen molar-refractivity contribution in [3.8, 4) is 0 Å². The number of hydrogen-bond donors (Lipinski definition) is 0. The number of nitrogens with zero attached hydrogens (tertiary/aromatic N) is 1. The molecule has 2 nitrogen and oxygen atoms in total. The Morgan fingerprint density at radius 2 is 2.05 bits per heavy atom. The lowest BCUT2D eigenvalue weighted by atomic mass is 9.98. The highest BCUT2D eigenvalue weighted by Crippen LogP contribution is 2.23. The molecule has 108 valence electrons. The lowest BCUT2D eigenvalue weighted by molar-refractivity contribution is 0.0726. The van der Waals surface area contributed by atoms with Gasteiger partial charge in [0.2, 0.25) is 0 Å². The van der Waals surface area contributed by atoms with Crippen LogP contribution in [0.3, 0.4) is 0 Å². The van der Waals surface area contributed by atoms with Crippen LogP contribution in [-0.4, -0.2) is 17.4 Å². The van der Waals surface area contributed by atoms with E-state index in [9.17, 15) is 9.18 Å². The molecule has 1 aliphatic heterocycles. The Labute approximate surface area is 137 Å². The molecule has 0 spiro atoms. The molecule has 3 rings (SSSR count). The summed E-state index contributed by atoms with van der Waals surface area (Å²) < 4.78 is 14.4. The average Bonchev–Trinajstić information content (AvgIpc) is 2.46. The molecule has 2 aromatic carbocycles. The SMILES string of the molecule is Cc1ccc(F)cc1CN1CCc2ccc(I)cc2C1=O. The van der Waals surface area contributed by atoms with Gasteiger partial charge in [-0.15, -0.1) is 0 Å². The van der Waals surface area contributed by atoms with Crippen LogP contribution in [0.15, 0.2) is 36.4 Å². The van der Waals surface area contributed by atoms with Crippen molar-refractivity contribution in [2.45, 2.75) is 19.9 Å². The van der Waals surface area contributed by atoms with Crippen molar-refractivity contribution in [3.05, 3.63) is 68.0 Å². The number of aryl methyl sites for hydroxylation is 1. The van der Waals surface area contributed by atoms with Crippen molar-refractivity contribution >= 4 is 28.5 Å². The second-order valence-electron chi connectivity index (χ2n) is 5.35. The van der Waals surface area contributed by atoms with Gasteiger partial charge in [-0.1, -0.05) is 12.1 Å². The normalized spacial score (nSPS) is 14.2. The van der Waals surface area contributed by atoms with E-state index in [0.29, 0.717) is 13.1 Å². The molecule has 1 aliphatic rings. The van der Waals surface area contributed by atoms with Gasteiger partial charge in [0.25, 0.3) is 5.91 Å². The monoisotopic (exact) mass is 395 g/mol. The maximum absolute atomic E-state index is 13.4. The molecule has 0 unspecified atom stereocenters. The molecule has 2 aromatic rings. The fourth-order valence-corrected chi connectivity index (χ4v) is 3.15. The second-order valence-corrected chi connectivity index (χ2v) is 6.59. The van der Waals surface area contributed by atoms with Crippen LogP contribution in [0.1, 0.15) is 27.0 Å². The summed E-state index contributed by atoms with van der Waals surface area (Å²) in [4.78, 5) is 14.4. The van der Waals surface area contributed by atoms with E-state index < -0.39 is 0 Å². The van der Waals surface area contributed by atoms with E-state index in [4.69, 9.17) is 0 Å². The summed E-state index contributed by atoms with van der Waals surface area (Å²) in [6.45, 7) is 3.09. The second kappa shape index (κ2) is 5.75. The predicted octanol–water partition coefficient (Wildman–Crippen LogP) is 3.94. The molecule has 0 saturated heterocycles. The first kappa shape index (κ1) is 14.5. The molecule has 0 bridgehead atoms. The van der Waals surface area contributed by atoms with Crippen molar-refractivity contribution < 1.29 is 9.18 Å². The third kappa shape index (κ3) is 2.95. The third-order valence-corrected chi connectivity index (χ3v) is 4.58. The molecule has 0 atom stereocenters. The number of amides is 1. The lowest BCUT2D eigenvalue weighted by Crippen LogP contribution is -2.37. The number of halogens is 2. The zero-order valence-electron chi connectivity index (χ0n) is 11.7. The van der Waals surface area contributed by atoms with Crippen LogP contribution in [0.4, 0.5) is 4.39 Å². The van der Waals surface area contributed by atoms with E-state index in [1.807, 2.05) is 25.1 Å². The van der Waals surface area contributed by atoms with Crippen molar-refractivity contribution in [2.24, 2.45) is 0 Å². The minimum absolute atomic E-state index is 0.0402. The zero-order valence-corrected chi connectivity index (χ0v) is 13.9. The molecule has 0 radical (unpaired) electrons. The van der Waals surface area contributed by atoms with Gasteiger partial charge in [-0.05, 0) is 76.9 Å². The summed E-state index contributed by atoms with van der Waals surface area (Å²) in [6.07, 6.45) is 0.854. The Hall–Kier alpha value is -1.43. The van der Waals surface area contributed by atoms with Crippen LogP contribution in [0.25, 0.3) is 0 Å². The molecule has 0 aliphatic carbocycles. The number of carbonyl (C=O) groups excluding carboxylic acids is 1. The van der Waals surface area contributed by atoms with E-state index in [-0.39, 0.29) is 11.7 Å². The molecule has 21 heavy (non-hydrogen) atoms. The van der Waals surface area contributed by atoms with Crippen LogP contribution in [-0.2, 0) is 13.0 Å². The Bertz CT molecular complexity index is 714. The van der Waals surface area contributed by atoms with Crippen molar-refractivity contribution in [3.63, 3.8) is 0 Å². The average molecular weight is 395 g/mol. The van der Waals surface area contributed by atoms with E-state index in [2.05, 4.69) is 22.6 Å². The Balaban J connectivity index is 1.88. The minimum Gasteiger partial charge on any atom is -0.334 e. The van der Waals surface area contributed by atoms with E-state index in [1.54, 1.807) is 11.0 Å². The zero-order chi connectivity index (χ0) is 15.0. The van der Waals surface area contributed by atoms with Crippen molar-refractivity contribution in [2.75, 3.05) is 6.54 Å². The standard InChI is InChI=1S/C17H15FINO/c1-11-2-4-14(18)8-13(11)10-20-7-6-12-3-5-15(19)9-16(12)17(20)21/h2-5,8-9H,6-7,10H2,1H3.